The third-order valence-electron chi connectivity index (χ3n) is 4.24. The minimum atomic E-state index is -3.86. The van der Waals surface area contributed by atoms with Crippen molar-refractivity contribution in [2.75, 3.05) is 11.4 Å². The topological polar surface area (TPSA) is 79.6 Å². The lowest BCUT2D eigenvalue weighted by Crippen LogP contribution is -2.28. The fourth-order valence-electron chi connectivity index (χ4n) is 2.66. The van der Waals surface area contributed by atoms with Gasteiger partial charge in [0.15, 0.2) is 0 Å². The standard InChI is InChI=1S/C20H19ClN2O4S/c1-14(19-10-5-11-27-19)22-20(24)15-6-3-9-18(12-15)28(25,26)23(2)17-8-4-7-16(21)13-17/h3-14H,1-2H3,(H,22,24)/t14-/m0/s1. The fourth-order valence-corrected chi connectivity index (χ4v) is 4.07. The molecule has 0 radical (unpaired) electrons. The maximum Gasteiger partial charge on any atom is 0.264 e. The molecule has 28 heavy (non-hydrogen) atoms. The van der Waals surface area contributed by atoms with Crippen LogP contribution in [0.15, 0.2) is 76.2 Å². The molecular formula is C20H19ClN2O4S. The molecule has 1 N–H and O–H groups in total. The second kappa shape index (κ2) is 8.08. The van der Waals surface area contributed by atoms with Crippen molar-refractivity contribution < 1.29 is 17.6 Å². The molecule has 0 saturated carbocycles. The number of hydrogen-bond acceptors (Lipinski definition) is 4. The van der Waals surface area contributed by atoms with Gasteiger partial charge in [0, 0.05) is 17.6 Å². The van der Waals surface area contributed by atoms with E-state index >= 15 is 0 Å². The predicted molar refractivity (Wildman–Crippen MR) is 108 cm³/mol. The molecule has 3 aromatic rings. The van der Waals surface area contributed by atoms with E-state index in [9.17, 15) is 13.2 Å². The Kier molecular flexibility index (Phi) is 5.76. The Labute approximate surface area is 168 Å². The van der Waals surface area contributed by atoms with Crippen molar-refractivity contribution in [1.82, 2.24) is 5.32 Å². The zero-order valence-electron chi connectivity index (χ0n) is 15.3. The van der Waals surface area contributed by atoms with E-state index in [2.05, 4.69) is 5.32 Å². The summed E-state index contributed by atoms with van der Waals surface area (Å²) in [4.78, 5) is 12.5. The van der Waals surface area contributed by atoms with Gasteiger partial charge < -0.3 is 9.73 Å². The molecule has 0 aliphatic heterocycles. The van der Waals surface area contributed by atoms with Gasteiger partial charge in [0.05, 0.1) is 22.9 Å². The van der Waals surface area contributed by atoms with Crippen LogP contribution in [0.25, 0.3) is 0 Å². The van der Waals surface area contributed by atoms with Gasteiger partial charge >= 0.3 is 0 Å². The maximum atomic E-state index is 13.0. The van der Waals surface area contributed by atoms with Gasteiger partial charge in [0.1, 0.15) is 5.76 Å². The molecule has 1 aromatic heterocycles. The van der Waals surface area contributed by atoms with Crippen LogP contribution in [0.4, 0.5) is 5.69 Å². The summed E-state index contributed by atoms with van der Waals surface area (Å²) in [5.74, 6) is 0.212. The summed E-state index contributed by atoms with van der Waals surface area (Å²) in [7, 11) is -2.42. The predicted octanol–water partition coefficient (Wildman–Crippen LogP) is 4.25. The zero-order valence-corrected chi connectivity index (χ0v) is 16.9. The highest BCUT2D eigenvalue weighted by atomic mass is 35.5. The summed E-state index contributed by atoms with van der Waals surface area (Å²) < 4.78 is 32.3. The molecule has 0 unspecified atom stereocenters. The quantitative estimate of drug-likeness (QED) is 0.649. The van der Waals surface area contributed by atoms with E-state index in [-0.39, 0.29) is 16.5 Å². The number of sulfonamides is 1. The van der Waals surface area contributed by atoms with Crippen LogP contribution in [0, 0.1) is 0 Å². The van der Waals surface area contributed by atoms with Crippen molar-refractivity contribution in [2.45, 2.75) is 17.9 Å². The van der Waals surface area contributed by atoms with Crippen LogP contribution in [-0.4, -0.2) is 21.4 Å². The molecule has 0 saturated heterocycles. The molecule has 1 heterocycles. The lowest BCUT2D eigenvalue weighted by molar-refractivity contribution is 0.0935. The van der Waals surface area contributed by atoms with Crippen LogP contribution >= 0.6 is 11.6 Å². The fraction of sp³-hybridized carbons (Fsp3) is 0.150. The van der Waals surface area contributed by atoms with Gasteiger partial charge in [0.25, 0.3) is 15.9 Å². The van der Waals surface area contributed by atoms with Gasteiger partial charge in [0.2, 0.25) is 0 Å². The Hall–Kier alpha value is -2.77. The van der Waals surface area contributed by atoms with E-state index in [1.54, 1.807) is 49.4 Å². The van der Waals surface area contributed by atoms with Crippen LogP contribution in [-0.2, 0) is 10.0 Å². The number of carbonyl (C=O) groups excluding carboxylic acids is 1. The van der Waals surface area contributed by atoms with E-state index in [4.69, 9.17) is 16.0 Å². The largest absolute Gasteiger partial charge is 0.467 e. The van der Waals surface area contributed by atoms with Crippen LogP contribution in [0.5, 0.6) is 0 Å². The Balaban J connectivity index is 1.84. The number of nitrogens with one attached hydrogen (secondary N) is 1. The third-order valence-corrected chi connectivity index (χ3v) is 6.26. The molecule has 3 rings (SSSR count). The highest BCUT2D eigenvalue weighted by molar-refractivity contribution is 7.92. The molecule has 0 aliphatic rings. The van der Waals surface area contributed by atoms with Gasteiger partial charge in [-0.25, -0.2) is 8.42 Å². The molecule has 8 heteroatoms. The third kappa shape index (κ3) is 4.21. The van der Waals surface area contributed by atoms with Crippen LogP contribution in [0.1, 0.15) is 29.1 Å². The van der Waals surface area contributed by atoms with Gasteiger partial charge in [-0.3, -0.25) is 9.10 Å². The number of anilines is 1. The number of benzene rings is 2. The molecule has 1 atom stereocenters. The Morgan fingerprint density at radius 2 is 1.86 bits per heavy atom. The number of nitrogens with zero attached hydrogens (tertiary/aromatic N) is 1. The van der Waals surface area contributed by atoms with Crippen LogP contribution < -0.4 is 9.62 Å². The first kappa shape index (κ1) is 20.0. The summed E-state index contributed by atoms with van der Waals surface area (Å²) in [5.41, 5.74) is 0.660. The first-order valence-corrected chi connectivity index (χ1v) is 10.3. The van der Waals surface area contributed by atoms with Gasteiger partial charge in [-0.2, -0.15) is 0 Å². The highest BCUT2D eigenvalue weighted by Gasteiger charge is 2.23. The van der Waals surface area contributed by atoms with Gasteiger partial charge in [-0.05, 0) is 55.5 Å². The van der Waals surface area contributed by atoms with E-state index < -0.39 is 15.9 Å². The zero-order chi connectivity index (χ0) is 20.3. The van der Waals surface area contributed by atoms with Crippen molar-refractivity contribution in [3.8, 4) is 0 Å². The number of amides is 1. The summed E-state index contributed by atoms with van der Waals surface area (Å²) in [6, 6.07) is 15.6. The second-order valence-corrected chi connectivity index (χ2v) is 8.60. The minimum Gasteiger partial charge on any atom is -0.467 e. The first-order valence-electron chi connectivity index (χ1n) is 8.48. The lowest BCUT2D eigenvalue weighted by Gasteiger charge is -2.20. The van der Waals surface area contributed by atoms with Crippen LogP contribution in [0.2, 0.25) is 5.02 Å². The molecule has 146 valence electrons. The Bertz CT molecular complexity index is 1080. The monoisotopic (exact) mass is 418 g/mol. The van der Waals surface area contributed by atoms with E-state index in [0.29, 0.717) is 16.5 Å². The molecule has 1 amide bonds. The van der Waals surface area contributed by atoms with Crippen LogP contribution in [0.3, 0.4) is 0 Å². The summed E-state index contributed by atoms with van der Waals surface area (Å²) in [6.07, 6.45) is 1.52. The number of rotatable bonds is 6. The van der Waals surface area contributed by atoms with Crippen molar-refractivity contribution in [3.05, 3.63) is 83.3 Å². The molecule has 0 aliphatic carbocycles. The lowest BCUT2D eigenvalue weighted by atomic mass is 10.2. The Morgan fingerprint density at radius 3 is 2.54 bits per heavy atom. The van der Waals surface area contributed by atoms with Gasteiger partial charge in [-0.1, -0.05) is 23.7 Å². The van der Waals surface area contributed by atoms with E-state index in [1.165, 1.54) is 31.5 Å². The van der Waals surface area contributed by atoms with E-state index in [1.807, 2.05) is 0 Å². The smallest absolute Gasteiger partial charge is 0.264 e. The Morgan fingerprint density at radius 1 is 1.11 bits per heavy atom. The number of carbonyl (C=O) groups is 1. The number of furan rings is 1. The first-order chi connectivity index (χ1) is 13.3. The average Bonchev–Trinajstić information content (AvgIpc) is 3.22. The summed E-state index contributed by atoms with van der Waals surface area (Å²) >= 11 is 5.96. The van der Waals surface area contributed by atoms with E-state index in [0.717, 1.165) is 4.31 Å². The minimum absolute atomic E-state index is 0.00766. The summed E-state index contributed by atoms with van der Waals surface area (Å²) in [6.45, 7) is 1.78. The van der Waals surface area contributed by atoms with Gasteiger partial charge in [-0.15, -0.1) is 0 Å². The second-order valence-electron chi connectivity index (χ2n) is 6.19. The maximum absolute atomic E-state index is 13.0. The highest BCUT2D eigenvalue weighted by Crippen LogP contribution is 2.25. The molecule has 0 fully saturated rings. The molecule has 6 nitrogen and oxygen atoms in total. The molecule has 0 bridgehead atoms. The van der Waals surface area contributed by atoms with Crippen molar-refractivity contribution in [3.63, 3.8) is 0 Å². The van der Waals surface area contributed by atoms with Crippen molar-refractivity contribution in [2.24, 2.45) is 0 Å². The molecule has 2 aromatic carbocycles. The van der Waals surface area contributed by atoms with Crippen molar-refractivity contribution in [1.29, 1.82) is 0 Å². The average molecular weight is 419 g/mol. The molecule has 0 spiro atoms. The van der Waals surface area contributed by atoms with Crippen molar-refractivity contribution >= 4 is 33.2 Å². The number of halogens is 1. The SMILES string of the molecule is C[C@H](NC(=O)c1cccc(S(=O)(=O)N(C)c2cccc(Cl)c2)c1)c1ccco1. The number of hydrogen-bond donors (Lipinski definition) is 1. The summed E-state index contributed by atoms with van der Waals surface area (Å²) in [5, 5.41) is 3.22. The molecular weight excluding hydrogens is 400 g/mol. The normalized spacial score (nSPS) is 12.4.